The van der Waals surface area contributed by atoms with Crippen molar-refractivity contribution in [2.45, 2.75) is 97.7 Å². The fourth-order valence-corrected chi connectivity index (χ4v) is 5.34. The SMILES string of the molecule is C#CCOC[C@H]1OC(OP(OCCC#N)N(C(C)C)C(C)C)[C@H](OC(C)=O)[C@@H](OC(C)=O)[C@H]1OC(C)=O. The first kappa shape index (κ1) is 32.7. The molecular weight excluding hydrogens is 507 g/mol. The van der Waals surface area contributed by atoms with E-state index in [4.69, 9.17) is 44.4 Å². The van der Waals surface area contributed by atoms with Crippen LogP contribution >= 0.6 is 8.53 Å². The summed E-state index contributed by atoms with van der Waals surface area (Å²) in [7, 11) is -1.85. The lowest BCUT2D eigenvalue weighted by Crippen LogP contribution is -2.62. The Balaban J connectivity index is 3.50. The summed E-state index contributed by atoms with van der Waals surface area (Å²) in [5.41, 5.74) is 0. The molecule has 0 saturated carbocycles. The molecule has 1 heterocycles. The minimum absolute atomic E-state index is 0.0308. The molecule has 37 heavy (non-hydrogen) atoms. The van der Waals surface area contributed by atoms with Crippen LogP contribution in [0.3, 0.4) is 0 Å². The van der Waals surface area contributed by atoms with Gasteiger partial charge in [0.25, 0.3) is 8.53 Å². The quantitative estimate of drug-likeness (QED) is 0.104. The van der Waals surface area contributed by atoms with E-state index < -0.39 is 57.1 Å². The maximum Gasteiger partial charge on any atom is 0.303 e. The van der Waals surface area contributed by atoms with Crippen LogP contribution in [0.2, 0.25) is 0 Å². The van der Waals surface area contributed by atoms with Crippen molar-refractivity contribution in [2.24, 2.45) is 0 Å². The van der Waals surface area contributed by atoms with Crippen molar-refractivity contribution in [3.05, 3.63) is 0 Å². The molecule has 0 aromatic carbocycles. The summed E-state index contributed by atoms with van der Waals surface area (Å²) in [4.78, 5) is 36.0. The molecule has 1 saturated heterocycles. The van der Waals surface area contributed by atoms with Gasteiger partial charge in [-0.1, -0.05) is 5.92 Å². The molecule has 0 bridgehead atoms. The number of nitrogens with zero attached hydrogens (tertiary/aromatic N) is 2. The number of hydrogen-bond donors (Lipinski definition) is 0. The Labute approximate surface area is 219 Å². The van der Waals surface area contributed by atoms with Crippen LogP contribution in [0.15, 0.2) is 0 Å². The molecule has 1 fully saturated rings. The Bertz CT molecular complexity index is 832. The Kier molecular flexibility index (Phi) is 14.6. The summed E-state index contributed by atoms with van der Waals surface area (Å²) in [5, 5.41) is 8.98. The maximum atomic E-state index is 12.1. The van der Waals surface area contributed by atoms with Crippen molar-refractivity contribution in [1.29, 1.82) is 5.26 Å². The topological polar surface area (TPSA) is 143 Å². The van der Waals surface area contributed by atoms with Gasteiger partial charge in [-0.15, -0.1) is 6.42 Å². The van der Waals surface area contributed by atoms with Gasteiger partial charge in [0.2, 0.25) is 6.29 Å². The van der Waals surface area contributed by atoms with Gasteiger partial charge < -0.3 is 28.2 Å². The minimum Gasteiger partial charge on any atom is -0.456 e. The van der Waals surface area contributed by atoms with E-state index in [0.29, 0.717) is 0 Å². The van der Waals surface area contributed by atoms with Crippen LogP contribution in [0.25, 0.3) is 0 Å². The largest absolute Gasteiger partial charge is 0.456 e. The van der Waals surface area contributed by atoms with E-state index in [2.05, 4.69) is 5.92 Å². The molecule has 0 aromatic rings. The van der Waals surface area contributed by atoms with Crippen molar-refractivity contribution in [2.75, 3.05) is 19.8 Å². The van der Waals surface area contributed by atoms with E-state index >= 15 is 0 Å². The van der Waals surface area contributed by atoms with Crippen molar-refractivity contribution >= 4 is 26.4 Å². The zero-order valence-corrected chi connectivity index (χ0v) is 23.3. The summed E-state index contributed by atoms with van der Waals surface area (Å²) < 4.78 is 42.1. The third-order valence-corrected chi connectivity index (χ3v) is 6.91. The normalized spacial score (nSPS) is 24.3. The van der Waals surface area contributed by atoms with Crippen LogP contribution in [0, 0.1) is 23.7 Å². The van der Waals surface area contributed by atoms with Crippen LogP contribution in [0.5, 0.6) is 0 Å². The molecule has 13 heteroatoms. The fraction of sp³-hybridized carbons (Fsp3) is 0.750. The van der Waals surface area contributed by atoms with E-state index in [1.165, 1.54) is 20.8 Å². The van der Waals surface area contributed by atoms with Gasteiger partial charge in [-0.2, -0.15) is 5.26 Å². The zero-order valence-electron chi connectivity index (χ0n) is 22.4. The van der Waals surface area contributed by atoms with Gasteiger partial charge in [0.05, 0.1) is 25.7 Å². The average molecular weight is 545 g/mol. The lowest BCUT2D eigenvalue weighted by atomic mass is 9.98. The molecule has 1 aliphatic rings. The van der Waals surface area contributed by atoms with Gasteiger partial charge >= 0.3 is 17.9 Å². The Hall–Kier alpha value is -2.31. The minimum atomic E-state index is -1.85. The highest BCUT2D eigenvalue weighted by atomic mass is 31.2. The summed E-state index contributed by atoms with van der Waals surface area (Å²) in [6.07, 6.45) is -0.712. The third kappa shape index (κ3) is 10.9. The second-order valence-electron chi connectivity index (χ2n) is 8.64. The number of hydrogen-bond acceptors (Lipinski definition) is 12. The second kappa shape index (κ2) is 16.5. The smallest absolute Gasteiger partial charge is 0.303 e. The molecular formula is C24H37N2O10P. The van der Waals surface area contributed by atoms with Crippen molar-refractivity contribution in [1.82, 2.24) is 4.67 Å². The third-order valence-electron chi connectivity index (χ3n) is 4.82. The molecule has 0 aliphatic carbocycles. The van der Waals surface area contributed by atoms with Crippen molar-refractivity contribution < 1.29 is 47.1 Å². The predicted molar refractivity (Wildman–Crippen MR) is 131 cm³/mol. The van der Waals surface area contributed by atoms with Gasteiger partial charge in [-0.05, 0) is 27.7 Å². The molecule has 208 valence electrons. The lowest BCUT2D eigenvalue weighted by Gasteiger charge is -2.46. The standard InChI is InChI=1S/C24H37N2O10P/c1-9-12-30-14-20-21(32-17(6)27)22(33-18(7)28)23(34-19(8)29)24(35-20)36-37(31-13-10-11-25)26(15(2)3)16(4)5/h1,15-16,20-24H,10,12-14H2,2-8H3/t20-,21+,22+,23-,24?,37?/m1/s1. The first-order valence-electron chi connectivity index (χ1n) is 11.9. The van der Waals surface area contributed by atoms with Gasteiger partial charge in [-0.25, -0.2) is 4.67 Å². The van der Waals surface area contributed by atoms with E-state index in [-0.39, 0.29) is 38.3 Å². The fourth-order valence-electron chi connectivity index (χ4n) is 3.69. The number of carbonyl (C=O) groups excluding carboxylic acids is 3. The van der Waals surface area contributed by atoms with Gasteiger partial charge in [0.15, 0.2) is 18.3 Å². The number of nitriles is 1. The number of esters is 3. The van der Waals surface area contributed by atoms with Gasteiger partial charge in [0, 0.05) is 32.9 Å². The van der Waals surface area contributed by atoms with Gasteiger partial charge in [0.1, 0.15) is 12.7 Å². The second-order valence-corrected chi connectivity index (χ2v) is 10.0. The Morgan fingerprint density at radius 1 is 0.973 bits per heavy atom. The van der Waals surface area contributed by atoms with Gasteiger partial charge in [-0.3, -0.25) is 18.9 Å². The molecule has 0 amide bonds. The molecule has 0 N–H and O–H groups in total. The number of terminal acetylenes is 1. The molecule has 0 aromatic heterocycles. The van der Waals surface area contributed by atoms with Crippen LogP contribution in [-0.4, -0.2) is 85.2 Å². The summed E-state index contributed by atoms with van der Waals surface area (Å²) >= 11 is 0. The Morgan fingerprint density at radius 3 is 2.00 bits per heavy atom. The predicted octanol–water partition coefficient (Wildman–Crippen LogP) is 2.45. The van der Waals surface area contributed by atoms with E-state index in [9.17, 15) is 14.4 Å². The van der Waals surface area contributed by atoms with Crippen molar-refractivity contribution in [3.8, 4) is 18.4 Å². The molecule has 6 atom stereocenters. The van der Waals surface area contributed by atoms with E-state index in [1.807, 2.05) is 38.4 Å². The zero-order chi connectivity index (χ0) is 28.1. The molecule has 1 aliphatic heterocycles. The van der Waals surface area contributed by atoms with Crippen molar-refractivity contribution in [3.63, 3.8) is 0 Å². The highest BCUT2D eigenvalue weighted by molar-refractivity contribution is 7.44. The molecule has 0 radical (unpaired) electrons. The maximum absolute atomic E-state index is 12.1. The van der Waals surface area contributed by atoms with Crippen LogP contribution < -0.4 is 0 Å². The summed E-state index contributed by atoms with van der Waals surface area (Å²) in [6.45, 7) is 11.2. The highest BCUT2D eigenvalue weighted by Gasteiger charge is 2.53. The number of ether oxygens (including phenoxy) is 5. The van der Waals surface area contributed by atoms with E-state index in [1.54, 1.807) is 0 Å². The average Bonchev–Trinajstić information content (AvgIpc) is 2.77. The van der Waals surface area contributed by atoms with Crippen LogP contribution in [0.4, 0.5) is 0 Å². The molecule has 2 unspecified atom stereocenters. The first-order valence-corrected chi connectivity index (χ1v) is 13.0. The number of carbonyl (C=O) groups is 3. The number of rotatable bonds is 14. The molecule has 12 nitrogen and oxygen atoms in total. The Morgan fingerprint density at radius 2 is 1.51 bits per heavy atom. The van der Waals surface area contributed by atoms with Crippen LogP contribution in [-0.2, 0) is 47.1 Å². The monoisotopic (exact) mass is 544 g/mol. The summed E-state index contributed by atoms with van der Waals surface area (Å²) in [5.74, 6) is 0.240. The summed E-state index contributed by atoms with van der Waals surface area (Å²) in [6, 6.07) is 1.96. The molecule has 0 spiro atoms. The lowest BCUT2D eigenvalue weighted by molar-refractivity contribution is -0.290. The first-order chi connectivity index (χ1) is 17.4. The molecule has 1 rings (SSSR count). The van der Waals surface area contributed by atoms with E-state index in [0.717, 1.165) is 0 Å². The van der Waals surface area contributed by atoms with Crippen LogP contribution in [0.1, 0.15) is 54.9 Å². The highest BCUT2D eigenvalue weighted by Crippen LogP contribution is 2.49.